The molecule has 0 saturated carbocycles. The van der Waals surface area contributed by atoms with Crippen molar-refractivity contribution >= 4 is 27.0 Å². The van der Waals surface area contributed by atoms with Crippen LogP contribution in [0, 0.1) is 12.7 Å². The van der Waals surface area contributed by atoms with Crippen LogP contribution in [-0.4, -0.2) is 25.4 Å². The van der Waals surface area contributed by atoms with Crippen molar-refractivity contribution in [1.82, 2.24) is 14.7 Å². The van der Waals surface area contributed by atoms with E-state index in [0.717, 1.165) is 0 Å². The molecule has 0 fully saturated rings. The van der Waals surface area contributed by atoms with E-state index in [2.05, 4.69) is 9.97 Å². The van der Waals surface area contributed by atoms with Gasteiger partial charge in [0.05, 0.1) is 0 Å². The van der Waals surface area contributed by atoms with Crippen LogP contribution >= 0.6 is 0 Å². The molecule has 4 rings (SSSR count). The minimum absolute atomic E-state index is 0. The molecule has 0 amide bonds. The second kappa shape index (κ2) is 11.0. The summed E-state index contributed by atoms with van der Waals surface area (Å²) in [6.07, 6.45) is 2.74. The van der Waals surface area contributed by atoms with Crippen LogP contribution in [0.3, 0.4) is 0 Å². The van der Waals surface area contributed by atoms with E-state index >= 15 is 0 Å². The van der Waals surface area contributed by atoms with Gasteiger partial charge in [-0.3, -0.25) is 4.72 Å². The second-order valence-corrected chi connectivity index (χ2v) is 8.66. The fourth-order valence-electron chi connectivity index (χ4n) is 3.23. The van der Waals surface area contributed by atoms with Gasteiger partial charge in [-0.2, -0.15) is 8.42 Å². The third-order valence-electron chi connectivity index (χ3n) is 4.96. The van der Waals surface area contributed by atoms with Crippen molar-refractivity contribution in [2.24, 2.45) is 0 Å². The Balaban J connectivity index is 0.00000216. The van der Waals surface area contributed by atoms with E-state index in [9.17, 15) is 17.6 Å². The molecule has 0 saturated heterocycles. The van der Waals surface area contributed by atoms with Gasteiger partial charge in [0.15, 0.2) is 11.6 Å². The van der Waals surface area contributed by atoms with E-state index in [0.29, 0.717) is 28.2 Å². The standard InChI is InChI=1S/C22H19FN4O5S.K.H/c1-13-16-7-6-15(31-19-5-3-4-9-25-19)12-18(16)32-22(28)17(13)11-14-8-10-26-21(20(14)23)27-33(29,30)24-2;;/h3-10,12,24H,11H2,1-2H3,(H,26,27);;/q;+1;-1. The van der Waals surface area contributed by atoms with E-state index in [1.165, 1.54) is 19.3 Å². The van der Waals surface area contributed by atoms with Crippen LogP contribution < -0.4 is 71.2 Å². The summed E-state index contributed by atoms with van der Waals surface area (Å²) in [5.41, 5.74) is 0.618. The van der Waals surface area contributed by atoms with Gasteiger partial charge in [-0.15, -0.1) is 0 Å². The largest absolute Gasteiger partial charge is 1.00 e. The summed E-state index contributed by atoms with van der Waals surface area (Å²) in [4.78, 5) is 20.5. The predicted octanol–water partition coefficient (Wildman–Crippen LogP) is 0.406. The number of nitrogens with zero attached hydrogens (tertiary/aromatic N) is 2. The van der Waals surface area contributed by atoms with E-state index in [1.54, 1.807) is 49.5 Å². The number of hydrogen-bond acceptors (Lipinski definition) is 7. The maximum absolute atomic E-state index is 14.9. The zero-order chi connectivity index (χ0) is 23.6. The number of halogens is 1. The maximum Gasteiger partial charge on any atom is 1.00 e. The first kappa shape index (κ1) is 26.4. The zero-order valence-corrected chi connectivity index (χ0v) is 22.6. The summed E-state index contributed by atoms with van der Waals surface area (Å²) < 4.78 is 53.4. The summed E-state index contributed by atoms with van der Waals surface area (Å²) in [6, 6.07) is 11.7. The van der Waals surface area contributed by atoms with Crippen molar-refractivity contribution in [3.63, 3.8) is 0 Å². The fraction of sp³-hybridized carbons (Fsp3) is 0.136. The Hall–Kier alpha value is -2.19. The molecule has 0 bridgehead atoms. The number of hydrogen-bond donors (Lipinski definition) is 2. The number of aromatic nitrogens is 2. The Bertz CT molecular complexity index is 1500. The third kappa shape index (κ3) is 5.89. The zero-order valence-electron chi connectivity index (χ0n) is 19.6. The van der Waals surface area contributed by atoms with E-state index < -0.39 is 27.5 Å². The van der Waals surface area contributed by atoms with Crippen LogP contribution in [0.4, 0.5) is 10.2 Å². The number of aryl methyl sites for hydroxylation is 1. The molecule has 3 heterocycles. The first-order valence-electron chi connectivity index (χ1n) is 9.77. The Kier molecular flexibility index (Phi) is 8.57. The summed E-state index contributed by atoms with van der Waals surface area (Å²) in [5, 5.41) is 0.656. The Morgan fingerprint density at radius 3 is 2.65 bits per heavy atom. The van der Waals surface area contributed by atoms with Crippen molar-refractivity contribution in [2.75, 3.05) is 11.8 Å². The van der Waals surface area contributed by atoms with Crippen molar-refractivity contribution in [3.8, 4) is 11.6 Å². The third-order valence-corrected chi connectivity index (χ3v) is 5.95. The van der Waals surface area contributed by atoms with Gasteiger partial charge in [0.1, 0.15) is 11.3 Å². The number of fused-ring (bicyclic) bond motifs is 1. The van der Waals surface area contributed by atoms with Gasteiger partial charge in [-0.05, 0) is 42.3 Å². The molecule has 0 unspecified atom stereocenters. The second-order valence-electron chi connectivity index (χ2n) is 7.04. The first-order valence-corrected chi connectivity index (χ1v) is 11.3. The summed E-state index contributed by atoms with van der Waals surface area (Å²) in [6.45, 7) is 1.73. The van der Waals surface area contributed by atoms with Gasteiger partial charge >= 0.3 is 57.0 Å². The van der Waals surface area contributed by atoms with Crippen LogP contribution in [0.1, 0.15) is 18.1 Å². The molecule has 0 atom stereocenters. The molecular weight excluding hydrogens is 490 g/mol. The van der Waals surface area contributed by atoms with E-state index in [1.807, 2.05) is 9.44 Å². The molecule has 0 spiro atoms. The van der Waals surface area contributed by atoms with Crippen molar-refractivity contribution in [3.05, 3.63) is 87.8 Å². The Labute approximate surface area is 238 Å². The van der Waals surface area contributed by atoms with Crippen LogP contribution in [0.2, 0.25) is 0 Å². The quantitative estimate of drug-likeness (QED) is 0.273. The van der Waals surface area contributed by atoms with Crippen LogP contribution in [0.5, 0.6) is 11.6 Å². The molecule has 4 aromatic rings. The van der Waals surface area contributed by atoms with Crippen molar-refractivity contribution in [2.45, 2.75) is 13.3 Å². The number of benzene rings is 1. The normalized spacial score (nSPS) is 11.1. The molecule has 0 aliphatic heterocycles. The molecule has 2 N–H and O–H groups in total. The molecule has 3 aromatic heterocycles. The minimum atomic E-state index is -3.96. The van der Waals surface area contributed by atoms with Gasteiger partial charge in [0, 0.05) is 48.9 Å². The van der Waals surface area contributed by atoms with Crippen molar-refractivity contribution < 1.29 is 74.8 Å². The SMILES string of the molecule is CNS(=O)(=O)Nc1nccc(Cc2c(C)c3ccc(Oc4ccccn4)cc3oc2=O)c1F.[H-].[K+]. The Morgan fingerprint density at radius 1 is 1.15 bits per heavy atom. The number of nitrogens with one attached hydrogen (secondary N) is 2. The van der Waals surface area contributed by atoms with Gasteiger partial charge < -0.3 is 10.6 Å². The molecule has 0 aliphatic rings. The van der Waals surface area contributed by atoms with Crippen LogP contribution in [0.15, 0.2) is 64.1 Å². The molecule has 12 heteroatoms. The predicted molar refractivity (Wildman–Crippen MR) is 121 cm³/mol. The minimum Gasteiger partial charge on any atom is -1.00 e. The molecule has 9 nitrogen and oxygen atoms in total. The number of ether oxygens (including phenoxy) is 1. The van der Waals surface area contributed by atoms with Crippen LogP contribution in [0.25, 0.3) is 11.0 Å². The molecule has 1 aromatic carbocycles. The fourth-order valence-corrected chi connectivity index (χ4v) is 3.73. The van der Waals surface area contributed by atoms with Gasteiger partial charge in [-0.25, -0.2) is 23.9 Å². The summed E-state index contributed by atoms with van der Waals surface area (Å²) in [7, 11) is -2.77. The topological polar surface area (TPSA) is 123 Å². The number of pyridine rings is 2. The van der Waals surface area contributed by atoms with E-state index in [4.69, 9.17) is 9.15 Å². The monoisotopic (exact) mass is 510 g/mol. The summed E-state index contributed by atoms with van der Waals surface area (Å²) in [5.74, 6) is -0.515. The van der Waals surface area contributed by atoms with Gasteiger partial charge in [0.25, 0.3) is 10.2 Å². The Morgan fingerprint density at radius 2 is 1.94 bits per heavy atom. The van der Waals surface area contributed by atoms with Crippen molar-refractivity contribution in [1.29, 1.82) is 0 Å². The molecule has 172 valence electrons. The molecule has 0 radical (unpaired) electrons. The van der Waals surface area contributed by atoms with E-state index in [-0.39, 0.29) is 70.4 Å². The van der Waals surface area contributed by atoms with Crippen LogP contribution in [-0.2, 0) is 16.6 Å². The number of rotatable bonds is 7. The molecular formula is C22H20FKN4O5S. The maximum atomic E-state index is 14.9. The average Bonchev–Trinajstić information content (AvgIpc) is 2.79. The smallest absolute Gasteiger partial charge is 1.00 e. The number of anilines is 1. The first-order chi connectivity index (χ1) is 15.8. The van der Waals surface area contributed by atoms with Gasteiger partial charge in [-0.1, -0.05) is 6.07 Å². The summed E-state index contributed by atoms with van der Waals surface area (Å²) >= 11 is 0. The van der Waals surface area contributed by atoms with Gasteiger partial charge in [0.2, 0.25) is 5.88 Å². The molecule has 0 aliphatic carbocycles. The molecule has 34 heavy (non-hydrogen) atoms. The average molecular weight is 511 g/mol.